The molecule has 4 nitrogen and oxygen atoms in total. The summed E-state index contributed by atoms with van der Waals surface area (Å²) in [5.41, 5.74) is 7.06. The fourth-order valence-corrected chi connectivity index (χ4v) is 4.41. The number of carbonyl (C=O) groups excluding carboxylic acids is 2. The molecule has 1 aliphatic carbocycles. The van der Waals surface area contributed by atoms with Crippen LogP contribution in [0.3, 0.4) is 0 Å². The maximum Gasteiger partial charge on any atom is 0.254 e. The fourth-order valence-electron chi connectivity index (χ4n) is 4.41. The Morgan fingerprint density at radius 3 is 2.38 bits per heavy atom. The maximum atomic E-state index is 13.5. The summed E-state index contributed by atoms with van der Waals surface area (Å²) in [6, 6.07) is 15.8. The van der Waals surface area contributed by atoms with E-state index in [4.69, 9.17) is 0 Å². The van der Waals surface area contributed by atoms with E-state index in [-0.39, 0.29) is 17.6 Å². The number of rotatable bonds is 3. The first-order valence-corrected chi connectivity index (χ1v) is 10.1. The molecule has 0 aromatic heterocycles. The van der Waals surface area contributed by atoms with E-state index in [1.54, 1.807) is 0 Å². The molecule has 0 fully saturated rings. The van der Waals surface area contributed by atoms with Crippen molar-refractivity contribution < 1.29 is 9.59 Å². The largest absolute Gasteiger partial charge is 0.362 e. The number of allylic oxidation sites excluding steroid dienone is 3. The molecule has 1 atom stereocenters. The molecule has 0 saturated heterocycles. The molecule has 2 N–H and O–H groups in total. The molecule has 4 heteroatoms. The average Bonchev–Trinajstić information content (AvgIpc) is 2.69. The van der Waals surface area contributed by atoms with Crippen molar-refractivity contribution in [2.45, 2.75) is 46.0 Å². The predicted octanol–water partition coefficient (Wildman–Crippen LogP) is 4.91. The number of amides is 1. The maximum absolute atomic E-state index is 13.5. The van der Waals surface area contributed by atoms with Gasteiger partial charge in [-0.2, -0.15) is 0 Å². The van der Waals surface area contributed by atoms with Crippen LogP contribution >= 0.6 is 0 Å². The molecule has 0 bridgehead atoms. The Morgan fingerprint density at radius 1 is 0.966 bits per heavy atom. The summed E-state index contributed by atoms with van der Waals surface area (Å²) < 4.78 is 0. The number of hydrogen-bond acceptors (Lipinski definition) is 3. The lowest BCUT2D eigenvalue weighted by atomic mass is 9.74. The second kappa shape index (κ2) is 7.70. The van der Waals surface area contributed by atoms with Crippen molar-refractivity contribution in [3.05, 3.63) is 87.8 Å². The predicted molar refractivity (Wildman–Crippen MR) is 115 cm³/mol. The third-order valence-electron chi connectivity index (χ3n) is 5.91. The van der Waals surface area contributed by atoms with Crippen molar-refractivity contribution in [2.75, 3.05) is 5.32 Å². The number of para-hydroxylation sites is 1. The molecule has 2 aromatic carbocycles. The van der Waals surface area contributed by atoms with Gasteiger partial charge in [-0.3, -0.25) is 9.59 Å². The summed E-state index contributed by atoms with van der Waals surface area (Å²) in [7, 11) is 0. The SMILES string of the molecule is CC1=C(C(=O)Nc2ccccc2C)[C@H](c2ccccc2C)C2=C(CCCC2=O)N1. The zero-order valence-corrected chi connectivity index (χ0v) is 17.1. The molecule has 0 radical (unpaired) electrons. The van der Waals surface area contributed by atoms with Crippen molar-refractivity contribution in [1.82, 2.24) is 5.32 Å². The molecule has 2 aliphatic rings. The first-order chi connectivity index (χ1) is 14.0. The molecule has 1 aliphatic heterocycles. The van der Waals surface area contributed by atoms with E-state index in [9.17, 15) is 9.59 Å². The highest BCUT2D eigenvalue weighted by atomic mass is 16.2. The topological polar surface area (TPSA) is 58.2 Å². The number of anilines is 1. The van der Waals surface area contributed by atoms with Crippen LogP contribution in [0.5, 0.6) is 0 Å². The second-order valence-corrected chi connectivity index (χ2v) is 7.89. The fraction of sp³-hybridized carbons (Fsp3) is 0.280. The van der Waals surface area contributed by atoms with Crippen LogP contribution in [0.2, 0.25) is 0 Å². The summed E-state index contributed by atoms with van der Waals surface area (Å²) in [4.78, 5) is 26.4. The third-order valence-corrected chi connectivity index (χ3v) is 5.91. The van der Waals surface area contributed by atoms with Gasteiger partial charge in [0.25, 0.3) is 5.91 Å². The van der Waals surface area contributed by atoms with Gasteiger partial charge >= 0.3 is 0 Å². The molecule has 1 heterocycles. The van der Waals surface area contributed by atoms with Crippen LogP contribution in [-0.4, -0.2) is 11.7 Å². The van der Waals surface area contributed by atoms with E-state index >= 15 is 0 Å². The minimum absolute atomic E-state index is 0.140. The van der Waals surface area contributed by atoms with Crippen LogP contribution in [0.15, 0.2) is 71.1 Å². The van der Waals surface area contributed by atoms with Crippen LogP contribution in [0.25, 0.3) is 0 Å². The highest BCUT2D eigenvalue weighted by Gasteiger charge is 2.38. The third kappa shape index (κ3) is 3.51. The second-order valence-electron chi connectivity index (χ2n) is 7.89. The lowest BCUT2D eigenvalue weighted by molar-refractivity contribution is -0.116. The van der Waals surface area contributed by atoms with Crippen LogP contribution < -0.4 is 10.6 Å². The van der Waals surface area contributed by atoms with E-state index in [1.807, 2.05) is 69.3 Å². The minimum Gasteiger partial charge on any atom is -0.362 e. The lowest BCUT2D eigenvalue weighted by Gasteiger charge is -2.35. The summed E-state index contributed by atoms with van der Waals surface area (Å²) in [5, 5.41) is 6.45. The van der Waals surface area contributed by atoms with E-state index in [0.717, 1.165) is 52.2 Å². The highest BCUT2D eigenvalue weighted by molar-refractivity contribution is 6.10. The number of nitrogens with one attached hydrogen (secondary N) is 2. The molecule has 4 rings (SSSR count). The highest BCUT2D eigenvalue weighted by Crippen LogP contribution is 2.43. The minimum atomic E-state index is -0.343. The smallest absolute Gasteiger partial charge is 0.254 e. The zero-order chi connectivity index (χ0) is 20.5. The number of Topliss-reactive ketones (excluding diaryl/α,β-unsaturated/α-hetero) is 1. The summed E-state index contributed by atoms with van der Waals surface area (Å²) >= 11 is 0. The van der Waals surface area contributed by atoms with Gasteiger partial charge in [-0.15, -0.1) is 0 Å². The van der Waals surface area contributed by atoms with Gasteiger partial charge in [0.05, 0.1) is 0 Å². The number of ketones is 1. The molecule has 0 spiro atoms. The Hall–Kier alpha value is -3.14. The van der Waals surface area contributed by atoms with Crippen molar-refractivity contribution in [2.24, 2.45) is 0 Å². The van der Waals surface area contributed by atoms with Gasteiger partial charge in [-0.05, 0) is 56.4 Å². The van der Waals surface area contributed by atoms with E-state index < -0.39 is 0 Å². The molecule has 2 aromatic rings. The quantitative estimate of drug-likeness (QED) is 0.788. The van der Waals surface area contributed by atoms with E-state index in [2.05, 4.69) is 10.6 Å². The Balaban J connectivity index is 1.82. The molecule has 0 unspecified atom stereocenters. The molecular formula is C25H26N2O2. The molecule has 29 heavy (non-hydrogen) atoms. The number of aryl methyl sites for hydroxylation is 2. The molecule has 1 amide bonds. The monoisotopic (exact) mass is 386 g/mol. The van der Waals surface area contributed by atoms with E-state index in [0.29, 0.717) is 12.0 Å². The van der Waals surface area contributed by atoms with Crippen LogP contribution in [0.1, 0.15) is 48.8 Å². The average molecular weight is 386 g/mol. The first kappa shape index (κ1) is 19.2. The lowest BCUT2D eigenvalue weighted by Crippen LogP contribution is -2.35. The summed E-state index contributed by atoms with van der Waals surface area (Å²) in [5.74, 6) is -0.368. The van der Waals surface area contributed by atoms with Crippen molar-refractivity contribution in [3.63, 3.8) is 0 Å². The van der Waals surface area contributed by atoms with Gasteiger partial charge in [-0.25, -0.2) is 0 Å². The molecule has 0 saturated carbocycles. The van der Waals surface area contributed by atoms with Gasteiger partial charge in [0.2, 0.25) is 0 Å². The molecule has 148 valence electrons. The number of benzene rings is 2. The standard InChI is InChI=1S/C25H26N2O2/c1-15-9-4-6-11-18(15)23-22(25(29)27-19-12-7-5-10-16(19)2)17(3)26-20-13-8-14-21(28)24(20)23/h4-7,9-12,23,26H,8,13-14H2,1-3H3,(H,27,29)/t23-/m0/s1. The molecular weight excluding hydrogens is 360 g/mol. The van der Waals surface area contributed by atoms with Crippen LogP contribution in [0, 0.1) is 13.8 Å². The van der Waals surface area contributed by atoms with E-state index in [1.165, 1.54) is 0 Å². The van der Waals surface area contributed by atoms with Crippen LogP contribution in [0.4, 0.5) is 5.69 Å². The number of dihydropyridines is 1. The Labute approximate surface area is 171 Å². The van der Waals surface area contributed by atoms with Gasteiger partial charge in [-0.1, -0.05) is 42.5 Å². The van der Waals surface area contributed by atoms with Gasteiger partial charge in [0, 0.05) is 40.6 Å². The summed E-state index contributed by atoms with van der Waals surface area (Å²) in [6.07, 6.45) is 2.23. The van der Waals surface area contributed by atoms with Gasteiger partial charge in [0.15, 0.2) is 5.78 Å². The summed E-state index contributed by atoms with van der Waals surface area (Å²) in [6.45, 7) is 5.94. The normalized spacial score (nSPS) is 19.0. The van der Waals surface area contributed by atoms with Crippen molar-refractivity contribution >= 4 is 17.4 Å². The van der Waals surface area contributed by atoms with Crippen LogP contribution in [-0.2, 0) is 9.59 Å². The Bertz CT molecular complexity index is 1060. The van der Waals surface area contributed by atoms with Gasteiger partial charge < -0.3 is 10.6 Å². The first-order valence-electron chi connectivity index (χ1n) is 10.1. The Morgan fingerprint density at radius 2 is 1.66 bits per heavy atom. The van der Waals surface area contributed by atoms with Gasteiger partial charge in [0.1, 0.15) is 0 Å². The Kier molecular flexibility index (Phi) is 5.10. The number of hydrogen-bond donors (Lipinski definition) is 2. The number of carbonyl (C=O) groups is 2. The van der Waals surface area contributed by atoms with Crippen molar-refractivity contribution in [3.8, 4) is 0 Å². The van der Waals surface area contributed by atoms with Crippen molar-refractivity contribution in [1.29, 1.82) is 0 Å². The zero-order valence-electron chi connectivity index (χ0n) is 17.1.